The number of hydrogen-bond acceptors (Lipinski definition) is 4. The molecule has 0 unspecified atom stereocenters. The molecule has 6 nitrogen and oxygen atoms in total. The second-order valence-electron chi connectivity index (χ2n) is 6.69. The molecule has 3 amide bonds. The number of carbonyl (C=O) groups excluding carboxylic acids is 3. The lowest BCUT2D eigenvalue weighted by Gasteiger charge is -2.34. The van der Waals surface area contributed by atoms with Crippen LogP contribution < -0.4 is 5.32 Å². The quantitative estimate of drug-likeness (QED) is 0.839. The standard InChI is InChI=1S/C18H27N3O3S/c1-13(2)18(15-5-4-12-25-15)19-16(23)6-7-17(24)21-10-8-20(9-11-21)14(3)22/h4-5,12-13,18H,6-11H2,1-3H3,(H,19,23)/t18-/m0/s1. The molecule has 1 fully saturated rings. The molecular formula is C18H27N3O3S. The van der Waals surface area contributed by atoms with Crippen LogP contribution in [0.1, 0.15) is 44.5 Å². The van der Waals surface area contributed by atoms with Gasteiger partial charge in [0.1, 0.15) is 0 Å². The summed E-state index contributed by atoms with van der Waals surface area (Å²) in [6.45, 7) is 7.92. The fraction of sp³-hybridized carbons (Fsp3) is 0.611. The van der Waals surface area contributed by atoms with E-state index < -0.39 is 0 Å². The highest BCUT2D eigenvalue weighted by Gasteiger charge is 2.24. The summed E-state index contributed by atoms with van der Waals surface area (Å²) in [7, 11) is 0. The molecule has 0 aliphatic carbocycles. The topological polar surface area (TPSA) is 69.7 Å². The molecular weight excluding hydrogens is 338 g/mol. The smallest absolute Gasteiger partial charge is 0.223 e. The summed E-state index contributed by atoms with van der Waals surface area (Å²) in [6.07, 6.45) is 0.404. The van der Waals surface area contributed by atoms with Gasteiger partial charge in [-0.1, -0.05) is 19.9 Å². The van der Waals surface area contributed by atoms with Crippen molar-refractivity contribution < 1.29 is 14.4 Å². The van der Waals surface area contributed by atoms with E-state index in [1.54, 1.807) is 28.1 Å². The van der Waals surface area contributed by atoms with Crippen LogP contribution in [0, 0.1) is 5.92 Å². The summed E-state index contributed by atoms with van der Waals surface area (Å²) < 4.78 is 0. The molecule has 1 aliphatic heterocycles. The van der Waals surface area contributed by atoms with Crippen LogP contribution in [0.5, 0.6) is 0 Å². The molecule has 0 spiro atoms. The lowest BCUT2D eigenvalue weighted by molar-refractivity contribution is -0.139. The Hall–Kier alpha value is -1.89. The van der Waals surface area contributed by atoms with E-state index in [0.29, 0.717) is 26.2 Å². The van der Waals surface area contributed by atoms with E-state index in [1.165, 1.54) is 0 Å². The molecule has 138 valence electrons. The molecule has 1 aromatic rings. The van der Waals surface area contributed by atoms with Crippen LogP contribution in [-0.2, 0) is 14.4 Å². The Balaban J connectivity index is 1.77. The molecule has 0 radical (unpaired) electrons. The lowest BCUT2D eigenvalue weighted by Crippen LogP contribution is -2.50. The van der Waals surface area contributed by atoms with Crippen molar-refractivity contribution in [2.75, 3.05) is 26.2 Å². The van der Waals surface area contributed by atoms with E-state index in [2.05, 4.69) is 19.2 Å². The third-order valence-corrected chi connectivity index (χ3v) is 5.43. The van der Waals surface area contributed by atoms with Crippen LogP contribution in [-0.4, -0.2) is 53.7 Å². The molecule has 2 rings (SSSR count). The highest BCUT2D eigenvalue weighted by Crippen LogP contribution is 2.25. The minimum absolute atomic E-state index is 0.0123. The third-order valence-electron chi connectivity index (χ3n) is 4.48. The van der Waals surface area contributed by atoms with Crippen LogP contribution in [0.3, 0.4) is 0 Å². The second-order valence-corrected chi connectivity index (χ2v) is 7.67. The second kappa shape index (κ2) is 8.99. The zero-order valence-electron chi connectivity index (χ0n) is 15.2. The highest BCUT2D eigenvalue weighted by atomic mass is 32.1. The van der Waals surface area contributed by atoms with Gasteiger partial charge in [-0.25, -0.2) is 0 Å². The van der Waals surface area contributed by atoms with Crippen molar-refractivity contribution in [1.29, 1.82) is 0 Å². The maximum Gasteiger partial charge on any atom is 0.223 e. The van der Waals surface area contributed by atoms with Gasteiger partial charge in [0.25, 0.3) is 0 Å². The number of nitrogens with one attached hydrogen (secondary N) is 1. The molecule has 2 heterocycles. The van der Waals surface area contributed by atoms with Crippen molar-refractivity contribution in [2.24, 2.45) is 5.92 Å². The number of nitrogens with zero attached hydrogens (tertiary/aromatic N) is 2. The molecule has 1 aromatic heterocycles. The summed E-state index contributed by atoms with van der Waals surface area (Å²) in [6, 6.07) is 3.99. The van der Waals surface area contributed by atoms with Crippen molar-refractivity contribution in [1.82, 2.24) is 15.1 Å². The fourth-order valence-electron chi connectivity index (χ4n) is 2.93. The molecule has 1 aliphatic rings. The third kappa shape index (κ3) is 5.56. The number of thiophene rings is 1. The van der Waals surface area contributed by atoms with Gasteiger partial charge in [0.05, 0.1) is 6.04 Å². The zero-order valence-corrected chi connectivity index (χ0v) is 16.0. The van der Waals surface area contributed by atoms with Crippen molar-refractivity contribution in [3.05, 3.63) is 22.4 Å². The van der Waals surface area contributed by atoms with E-state index in [4.69, 9.17) is 0 Å². The van der Waals surface area contributed by atoms with Gasteiger partial charge in [-0.3, -0.25) is 14.4 Å². The van der Waals surface area contributed by atoms with E-state index >= 15 is 0 Å². The van der Waals surface area contributed by atoms with Gasteiger partial charge in [-0.05, 0) is 17.4 Å². The number of carbonyl (C=O) groups is 3. The van der Waals surface area contributed by atoms with Gasteiger partial charge < -0.3 is 15.1 Å². The summed E-state index contributed by atoms with van der Waals surface area (Å²) in [4.78, 5) is 40.5. The van der Waals surface area contributed by atoms with Crippen molar-refractivity contribution in [3.63, 3.8) is 0 Å². The Morgan fingerprint density at radius 2 is 1.76 bits per heavy atom. The van der Waals surface area contributed by atoms with E-state index in [9.17, 15) is 14.4 Å². The van der Waals surface area contributed by atoms with Gasteiger partial charge >= 0.3 is 0 Å². The number of piperazine rings is 1. The Morgan fingerprint density at radius 3 is 2.28 bits per heavy atom. The van der Waals surface area contributed by atoms with Crippen molar-refractivity contribution in [3.8, 4) is 0 Å². The first-order chi connectivity index (χ1) is 11.9. The molecule has 7 heteroatoms. The van der Waals surface area contributed by atoms with Gasteiger partial charge in [0.15, 0.2) is 0 Å². The van der Waals surface area contributed by atoms with Gasteiger partial charge in [0.2, 0.25) is 17.7 Å². The molecule has 0 saturated carbocycles. The fourth-order valence-corrected chi connectivity index (χ4v) is 3.88. The Morgan fingerprint density at radius 1 is 1.12 bits per heavy atom. The normalized spacial score (nSPS) is 16.0. The SMILES string of the molecule is CC(=O)N1CCN(C(=O)CCC(=O)N[C@H](c2cccs2)C(C)C)CC1. The van der Waals surface area contributed by atoms with Crippen LogP contribution in [0.15, 0.2) is 17.5 Å². The van der Waals surface area contributed by atoms with Crippen molar-refractivity contribution in [2.45, 2.75) is 39.7 Å². The van der Waals surface area contributed by atoms with Gasteiger partial charge in [0, 0.05) is 50.8 Å². The Kier molecular flexibility index (Phi) is 6.99. The first-order valence-electron chi connectivity index (χ1n) is 8.74. The maximum absolute atomic E-state index is 12.3. The lowest BCUT2D eigenvalue weighted by atomic mass is 10.0. The summed E-state index contributed by atoms with van der Waals surface area (Å²) in [5, 5.41) is 5.05. The largest absolute Gasteiger partial charge is 0.348 e. The molecule has 1 N–H and O–H groups in total. The highest BCUT2D eigenvalue weighted by molar-refractivity contribution is 7.10. The van der Waals surface area contributed by atoms with Gasteiger partial charge in [-0.15, -0.1) is 11.3 Å². The first kappa shape index (κ1) is 19.4. The van der Waals surface area contributed by atoms with E-state index in [1.807, 2.05) is 17.5 Å². The molecule has 0 aromatic carbocycles. The average Bonchev–Trinajstić information content (AvgIpc) is 3.11. The Bertz CT molecular complexity index is 593. The predicted octanol–water partition coefficient (Wildman–Crippen LogP) is 2.03. The summed E-state index contributed by atoms with van der Waals surface area (Å²) >= 11 is 1.63. The average molecular weight is 365 g/mol. The summed E-state index contributed by atoms with van der Waals surface area (Å²) in [5.74, 6) is 0.219. The minimum Gasteiger partial charge on any atom is -0.348 e. The van der Waals surface area contributed by atoms with E-state index in [-0.39, 0.29) is 42.5 Å². The van der Waals surface area contributed by atoms with Crippen LogP contribution >= 0.6 is 11.3 Å². The monoisotopic (exact) mass is 365 g/mol. The molecule has 25 heavy (non-hydrogen) atoms. The van der Waals surface area contributed by atoms with Crippen LogP contribution in [0.4, 0.5) is 0 Å². The number of hydrogen-bond donors (Lipinski definition) is 1. The van der Waals surface area contributed by atoms with E-state index in [0.717, 1.165) is 4.88 Å². The van der Waals surface area contributed by atoms with Crippen molar-refractivity contribution >= 4 is 29.1 Å². The van der Waals surface area contributed by atoms with Crippen LogP contribution in [0.25, 0.3) is 0 Å². The maximum atomic E-state index is 12.3. The summed E-state index contributed by atoms with van der Waals surface area (Å²) in [5.41, 5.74) is 0. The number of amides is 3. The minimum atomic E-state index is -0.0946. The predicted molar refractivity (Wildman–Crippen MR) is 98.1 cm³/mol. The zero-order chi connectivity index (χ0) is 18.4. The Labute approximate surface area is 153 Å². The number of rotatable bonds is 6. The van der Waals surface area contributed by atoms with Crippen LogP contribution in [0.2, 0.25) is 0 Å². The first-order valence-corrected chi connectivity index (χ1v) is 9.62. The molecule has 0 bridgehead atoms. The molecule has 1 saturated heterocycles. The molecule has 1 atom stereocenters. The van der Waals surface area contributed by atoms with Gasteiger partial charge in [-0.2, -0.15) is 0 Å².